The Morgan fingerprint density at radius 2 is 1.71 bits per heavy atom. The number of alkyl halides is 3. The first-order valence-corrected chi connectivity index (χ1v) is 12.2. The third kappa shape index (κ3) is 5.78. The summed E-state index contributed by atoms with van der Waals surface area (Å²) in [7, 11) is 2.08. The predicted octanol–water partition coefficient (Wildman–Crippen LogP) is 7.19. The van der Waals surface area contributed by atoms with Gasteiger partial charge in [0.2, 0.25) is 0 Å². The van der Waals surface area contributed by atoms with E-state index in [1.54, 1.807) is 36.4 Å². The van der Waals surface area contributed by atoms with Crippen LogP contribution in [0.25, 0.3) is 11.1 Å². The fraction of sp³-hybridized carbons (Fsp3) is 0.321. The first-order chi connectivity index (χ1) is 16.7. The number of nitrogens with zero attached hydrogens (tertiary/aromatic N) is 2. The summed E-state index contributed by atoms with van der Waals surface area (Å²) in [5.74, 6) is 0. The van der Waals surface area contributed by atoms with Gasteiger partial charge in [0.1, 0.15) is 6.07 Å². The van der Waals surface area contributed by atoms with E-state index >= 15 is 0 Å². The number of piperidine rings is 1. The van der Waals surface area contributed by atoms with E-state index in [-0.39, 0.29) is 23.1 Å². The van der Waals surface area contributed by atoms with Crippen LogP contribution in [0, 0.1) is 11.3 Å². The van der Waals surface area contributed by atoms with E-state index in [4.69, 9.17) is 4.74 Å². The second-order valence-corrected chi connectivity index (χ2v) is 10.0. The number of hydrogen-bond donors (Lipinski definition) is 0. The van der Waals surface area contributed by atoms with Crippen molar-refractivity contribution in [2.24, 2.45) is 0 Å². The molecule has 1 saturated heterocycles. The highest BCUT2D eigenvalue weighted by molar-refractivity contribution is 9.10. The number of halogens is 4. The Bertz CT molecular complexity index is 1210. The van der Waals surface area contributed by atoms with Gasteiger partial charge >= 0.3 is 6.18 Å². The molecule has 1 fully saturated rings. The van der Waals surface area contributed by atoms with Crippen LogP contribution in [0.5, 0.6) is 0 Å². The second-order valence-electron chi connectivity index (χ2n) is 9.12. The number of ether oxygens (including phenoxy) is 1. The minimum atomic E-state index is -4.64. The molecule has 35 heavy (non-hydrogen) atoms. The van der Waals surface area contributed by atoms with Gasteiger partial charge in [-0.2, -0.15) is 18.4 Å². The summed E-state index contributed by atoms with van der Waals surface area (Å²) in [6.07, 6.45) is -2.89. The maximum absolute atomic E-state index is 13.9. The molecular formula is C28H26BrF3N2O. The maximum atomic E-state index is 13.9. The molecule has 0 aliphatic carbocycles. The van der Waals surface area contributed by atoms with Crippen molar-refractivity contribution in [3.05, 3.63) is 93.5 Å². The zero-order chi connectivity index (χ0) is 25.1. The van der Waals surface area contributed by atoms with Crippen LogP contribution >= 0.6 is 15.9 Å². The van der Waals surface area contributed by atoms with Gasteiger partial charge in [-0.15, -0.1) is 0 Å². The van der Waals surface area contributed by atoms with Crippen molar-refractivity contribution >= 4 is 15.9 Å². The Morgan fingerprint density at radius 3 is 2.34 bits per heavy atom. The molecule has 3 aromatic rings. The standard InChI is InChI=1S/C28H26BrF3N2O/c1-34-12-10-27(11-13-34,23-8-5-9-24(29)16-23)19-35-18-22-14-21(20-6-3-2-4-7-20)15-26(25(22)17-33)28(30,31)32/h2-9,14-16H,10-13,18-19H2,1H3. The number of hydrogen-bond acceptors (Lipinski definition) is 3. The fourth-order valence-corrected chi connectivity index (χ4v) is 5.11. The quantitative estimate of drug-likeness (QED) is 0.330. The first kappa shape index (κ1) is 25.4. The lowest BCUT2D eigenvalue weighted by atomic mass is 9.73. The number of nitriles is 1. The van der Waals surface area contributed by atoms with Crippen molar-refractivity contribution < 1.29 is 17.9 Å². The second kappa shape index (κ2) is 10.5. The van der Waals surface area contributed by atoms with Crippen LogP contribution in [0.15, 0.2) is 71.2 Å². The fourth-order valence-electron chi connectivity index (χ4n) is 4.71. The van der Waals surface area contributed by atoms with Crippen molar-refractivity contribution in [2.45, 2.75) is 31.0 Å². The molecule has 0 bridgehead atoms. The lowest BCUT2D eigenvalue weighted by Crippen LogP contribution is -2.43. The molecule has 3 aromatic carbocycles. The van der Waals surface area contributed by atoms with Crippen LogP contribution in [-0.4, -0.2) is 31.6 Å². The molecule has 0 saturated carbocycles. The zero-order valence-electron chi connectivity index (χ0n) is 19.4. The summed E-state index contributed by atoms with van der Waals surface area (Å²) >= 11 is 3.55. The molecule has 0 atom stereocenters. The van der Waals surface area contributed by atoms with Crippen molar-refractivity contribution in [1.29, 1.82) is 5.26 Å². The van der Waals surface area contributed by atoms with Gasteiger partial charge in [0.25, 0.3) is 0 Å². The maximum Gasteiger partial charge on any atom is 0.417 e. The topological polar surface area (TPSA) is 36.3 Å². The molecule has 182 valence electrons. The van der Waals surface area contributed by atoms with Crippen LogP contribution in [0.1, 0.15) is 35.1 Å². The SMILES string of the molecule is CN1CCC(COCc2cc(-c3ccccc3)cc(C(F)(F)F)c2C#N)(c2cccc(Br)c2)CC1. The van der Waals surface area contributed by atoms with E-state index in [0.717, 1.165) is 42.0 Å². The van der Waals surface area contributed by atoms with Gasteiger partial charge in [-0.3, -0.25) is 0 Å². The van der Waals surface area contributed by atoms with E-state index in [1.165, 1.54) is 0 Å². The molecule has 3 nitrogen and oxygen atoms in total. The normalized spacial score (nSPS) is 16.1. The van der Waals surface area contributed by atoms with Gasteiger partial charge in [0.05, 0.1) is 24.3 Å². The summed E-state index contributed by atoms with van der Waals surface area (Å²) in [6, 6.07) is 21.5. The van der Waals surface area contributed by atoms with Crippen molar-refractivity contribution in [3.63, 3.8) is 0 Å². The average Bonchev–Trinajstić information content (AvgIpc) is 2.85. The minimum Gasteiger partial charge on any atom is -0.376 e. The van der Waals surface area contributed by atoms with Gasteiger partial charge in [-0.25, -0.2) is 0 Å². The Labute approximate surface area is 212 Å². The number of rotatable bonds is 6. The van der Waals surface area contributed by atoms with Gasteiger partial charge in [0, 0.05) is 9.89 Å². The van der Waals surface area contributed by atoms with Gasteiger partial charge in [0.15, 0.2) is 0 Å². The molecule has 7 heteroatoms. The van der Waals surface area contributed by atoms with E-state index in [0.29, 0.717) is 17.7 Å². The van der Waals surface area contributed by atoms with E-state index < -0.39 is 11.7 Å². The Kier molecular flexibility index (Phi) is 7.65. The molecule has 1 heterocycles. The minimum absolute atomic E-state index is 0.0712. The van der Waals surface area contributed by atoms with E-state index in [2.05, 4.69) is 40.0 Å². The van der Waals surface area contributed by atoms with Crippen molar-refractivity contribution in [1.82, 2.24) is 4.90 Å². The van der Waals surface area contributed by atoms with Crippen LogP contribution in [-0.2, 0) is 22.9 Å². The summed E-state index contributed by atoms with van der Waals surface area (Å²) in [4.78, 5) is 2.27. The summed E-state index contributed by atoms with van der Waals surface area (Å²) in [5.41, 5.74) is 0.916. The van der Waals surface area contributed by atoms with Crippen molar-refractivity contribution in [3.8, 4) is 17.2 Å². The Morgan fingerprint density at radius 1 is 1.00 bits per heavy atom. The lowest BCUT2D eigenvalue weighted by Gasteiger charge is -2.41. The van der Waals surface area contributed by atoms with Crippen LogP contribution < -0.4 is 0 Å². The molecule has 0 aromatic heterocycles. The molecule has 0 amide bonds. The Balaban J connectivity index is 1.65. The molecule has 0 radical (unpaired) electrons. The van der Waals surface area contributed by atoms with Crippen LogP contribution in [0.4, 0.5) is 13.2 Å². The van der Waals surface area contributed by atoms with Gasteiger partial charge in [-0.05, 0) is 79.5 Å². The first-order valence-electron chi connectivity index (χ1n) is 11.4. The lowest BCUT2D eigenvalue weighted by molar-refractivity contribution is -0.137. The summed E-state index contributed by atoms with van der Waals surface area (Å²) in [5, 5.41) is 9.64. The highest BCUT2D eigenvalue weighted by atomic mass is 79.9. The smallest absolute Gasteiger partial charge is 0.376 e. The molecule has 1 aliphatic rings. The third-order valence-corrected chi connectivity index (χ3v) is 7.25. The molecular weight excluding hydrogens is 517 g/mol. The number of likely N-dealkylation sites (tertiary alicyclic amines) is 1. The molecule has 0 N–H and O–H groups in total. The van der Waals surface area contributed by atoms with Gasteiger partial charge < -0.3 is 9.64 Å². The molecule has 1 aliphatic heterocycles. The highest BCUT2D eigenvalue weighted by Gasteiger charge is 2.37. The summed E-state index contributed by atoms with van der Waals surface area (Å²) < 4.78 is 48.8. The average molecular weight is 543 g/mol. The summed E-state index contributed by atoms with van der Waals surface area (Å²) in [6.45, 7) is 2.10. The van der Waals surface area contributed by atoms with Crippen LogP contribution in [0.3, 0.4) is 0 Å². The molecule has 0 unspecified atom stereocenters. The largest absolute Gasteiger partial charge is 0.417 e. The third-order valence-electron chi connectivity index (χ3n) is 6.76. The van der Waals surface area contributed by atoms with Gasteiger partial charge in [-0.1, -0.05) is 58.4 Å². The van der Waals surface area contributed by atoms with E-state index in [9.17, 15) is 18.4 Å². The zero-order valence-corrected chi connectivity index (χ0v) is 21.0. The Hall–Kier alpha value is -2.66. The number of benzene rings is 3. The molecule has 4 rings (SSSR count). The monoisotopic (exact) mass is 542 g/mol. The van der Waals surface area contributed by atoms with Crippen LogP contribution in [0.2, 0.25) is 0 Å². The van der Waals surface area contributed by atoms with Crippen molar-refractivity contribution in [2.75, 3.05) is 26.7 Å². The predicted molar refractivity (Wildman–Crippen MR) is 134 cm³/mol. The molecule has 0 spiro atoms. The highest BCUT2D eigenvalue weighted by Crippen LogP contribution is 2.39. The van der Waals surface area contributed by atoms with E-state index in [1.807, 2.05) is 18.2 Å².